The SMILES string of the molecule is C=C(O)c1nc2sc(C(=O)OCC)c(C)c2c(=O)[nH]1. The number of aliphatic hydroxyl groups excluding tert-OH is 1. The van der Waals surface area contributed by atoms with Gasteiger partial charge < -0.3 is 14.8 Å². The number of thiophene rings is 1. The monoisotopic (exact) mass is 280 g/mol. The van der Waals surface area contributed by atoms with E-state index in [2.05, 4.69) is 16.5 Å². The Morgan fingerprint density at radius 2 is 2.26 bits per heavy atom. The van der Waals surface area contributed by atoms with Gasteiger partial charge in [-0.1, -0.05) is 6.58 Å². The second kappa shape index (κ2) is 4.85. The van der Waals surface area contributed by atoms with Crippen LogP contribution in [0.25, 0.3) is 16.0 Å². The molecule has 0 fully saturated rings. The van der Waals surface area contributed by atoms with E-state index in [-0.39, 0.29) is 18.2 Å². The fourth-order valence-electron chi connectivity index (χ4n) is 1.67. The number of aliphatic hydroxyl groups is 1. The van der Waals surface area contributed by atoms with Gasteiger partial charge >= 0.3 is 5.97 Å². The third-order valence-electron chi connectivity index (χ3n) is 2.53. The fourth-order valence-corrected chi connectivity index (χ4v) is 2.75. The third kappa shape index (κ3) is 2.24. The van der Waals surface area contributed by atoms with Crippen molar-refractivity contribution in [2.75, 3.05) is 6.61 Å². The molecule has 6 nitrogen and oxygen atoms in total. The lowest BCUT2D eigenvalue weighted by molar-refractivity contribution is 0.0531. The van der Waals surface area contributed by atoms with Gasteiger partial charge in [-0.05, 0) is 19.4 Å². The van der Waals surface area contributed by atoms with Crippen molar-refractivity contribution in [3.8, 4) is 0 Å². The number of carbonyl (C=O) groups excluding carboxylic acids is 1. The normalized spacial score (nSPS) is 10.6. The number of fused-ring (bicyclic) bond motifs is 1. The van der Waals surface area contributed by atoms with Gasteiger partial charge in [-0.25, -0.2) is 9.78 Å². The third-order valence-corrected chi connectivity index (χ3v) is 3.70. The zero-order chi connectivity index (χ0) is 14.2. The predicted molar refractivity (Wildman–Crippen MR) is 72.6 cm³/mol. The maximum atomic E-state index is 11.9. The molecule has 0 radical (unpaired) electrons. The van der Waals surface area contributed by atoms with Crippen LogP contribution in [0.15, 0.2) is 11.4 Å². The lowest BCUT2D eigenvalue weighted by Gasteiger charge is -1.99. The van der Waals surface area contributed by atoms with Crippen molar-refractivity contribution in [2.24, 2.45) is 0 Å². The lowest BCUT2D eigenvalue weighted by Crippen LogP contribution is -2.11. The summed E-state index contributed by atoms with van der Waals surface area (Å²) in [4.78, 5) is 30.9. The highest BCUT2D eigenvalue weighted by molar-refractivity contribution is 7.20. The summed E-state index contributed by atoms with van der Waals surface area (Å²) in [6.45, 7) is 6.93. The van der Waals surface area contributed by atoms with Crippen LogP contribution in [0.4, 0.5) is 0 Å². The van der Waals surface area contributed by atoms with Crippen LogP contribution in [-0.4, -0.2) is 27.7 Å². The molecule has 0 saturated carbocycles. The number of carbonyl (C=O) groups is 1. The highest BCUT2D eigenvalue weighted by atomic mass is 32.1. The molecule has 0 bridgehead atoms. The Kier molecular flexibility index (Phi) is 3.39. The van der Waals surface area contributed by atoms with Crippen molar-refractivity contribution in [1.29, 1.82) is 0 Å². The first-order chi connectivity index (χ1) is 8.95. The quantitative estimate of drug-likeness (QED) is 0.662. The number of nitrogens with zero attached hydrogens (tertiary/aromatic N) is 1. The van der Waals surface area contributed by atoms with Gasteiger partial charge in [0, 0.05) is 0 Å². The zero-order valence-corrected chi connectivity index (χ0v) is 11.3. The molecule has 0 spiro atoms. The molecule has 2 rings (SSSR count). The summed E-state index contributed by atoms with van der Waals surface area (Å²) in [6, 6.07) is 0. The summed E-state index contributed by atoms with van der Waals surface area (Å²) in [6.07, 6.45) is 0. The van der Waals surface area contributed by atoms with E-state index >= 15 is 0 Å². The Bertz CT molecular complexity index is 729. The number of nitrogens with one attached hydrogen (secondary N) is 1. The molecule has 0 unspecified atom stereocenters. The van der Waals surface area contributed by atoms with Gasteiger partial charge in [0.2, 0.25) is 0 Å². The van der Waals surface area contributed by atoms with Gasteiger partial charge in [0.15, 0.2) is 11.6 Å². The van der Waals surface area contributed by atoms with E-state index in [1.165, 1.54) is 0 Å². The van der Waals surface area contributed by atoms with Crippen molar-refractivity contribution >= 4 is 33.3 Å². The van der Waals surface area contributed by atoms with Crippen LogP contribution < -0.4 is 5.56 Å². The Hall–Kier alpha value is -2.15. The van der Waals surface area contributed by atoms with Crippen molar-refractivity contribution in [3.63, 3.8) is 0 Å². The Morgan fingerprint density at radius 3 is 2.84 bits per heavy atom. The molecule has 0 aliphatic heterocycles. The van der Waals surface area contributed by atoms with Gasteiger partial charge in [-0.15, -0.1) is 11.3 Å². The standard InChI is InChI=1S/C12H12N2O4S/c1-4-18-12(17)8-5(2)7-10(16)13-9(6(3)15)14-11(7)19-8/h15H,3-4H2,1-2H3,(H,13,14,16). The highest BCUT2D eigenvalue weighted by Gasteiger charge is 2.20. The molecule has 100 valence electrons. The summed E-state index contributed by atoms with van der Waals surface area (Å²) < 4.78 is 4.92. The van der Waals surface area contributed by atoms with Gasteiger partial charge in [-0.3, -0.25) is 4.79 Å². The Labute approximate surface area is 112 Å². The van der Waals surface area contributed by atoms with Crippen LogP contribution in [0.1, 0.15) is 28.0 Å². The lowest BCUT2D eigenvalue weighted by atomic mass is 10.2. The Morgan fingerprint density at radius 1 is 1.58 bits per heavy atom. The molecule has 0 atom stereocenters. The zero-order valence-electron chi connectivity index (χ0n) is 10.4. The number of hydrogen-bond acceptors (Lipinski definition) is 6. The molecule has 2 heterocycles. The summed E-state index contributed by atoms with van der Waals surface area (Å²) in [5.74, 6) is -0.816. The molecule has 0 saturated heterocycles. The number of aromatic amines is 1. The average Bonchev–Trinajstić information content (AvgIpc) is 2.67. The van der Waals surface area contributed by atoms with Crippen LogP contribution in [0, 0.1) is 6.92 Å². The molecule has 0 aliphatic carbocycles. The van der Waals surface area contributed by atoms with Gasteiger partial charge in [0.05, 0.1) is 12.0 Å². The fraction of sp³-hybridized carbons (Fsp3) is 0.250. The number of esters is 1. The van der Waals surface area contributed by atoms with Gasteiger partial charge in [0.25, 0.3) is 5.56 Å². The molecule has 0 amide bonds. The molecule has 19 heavy (non-hydrogen) atoms. The number of aromatic nitrogens is 2. The number of ether oxygens (including phenoxy) is 1. The van der Waals surface area contributed by atoms with Crippen molar-refractivity contribution in [3.05, 3.63) is 33.2 Å². The Balaban J connectivity index is 2.69. The van der Waals surface area contributed by atoms with Crippen molar-refractivity contribution in [1.82, 2.24) is 9.97 Å². The number of H-pyrrole nitrogens is 1. The van der Waals surface area contributed by atoms with Crippen LogP contribution in [0.3, 0.4) is 0 Å². The molecule has 2 aromatic rings. The average molecular weight is 280 g/mol. The minimum Gasteiger partial charge on any atom is -0.505 e. The van der Waals surface area contributed by atoms with Gasteiger partial charge in [0.1, 0.15) is 9.71 Å². The van der Waals surface area contributed by atoms with Gasteiger partial charge in [-0.2, -0.15) is 0 Å². The predicted octanol–water partition coefficient (Wildman–Crippen LogP) is 2.00. The second-order valence-electron chi connectivity index (χ2n) is 3.82. The second-order valence-corrected chi connectivity index (χ2v) is 4.82. The maximum absolute atomic E-state index is 11.9. The number of aryl methyl sites for hydroxylation is 1. The van der Waals surface area contributed by atoms with E-state index in [1.807, 2.05) is 0 Å². The van der Waals surface area contributed by atoms with Crippen molar-refractivity contribution < 1.29 is 14.6 Å². The molecule has 0 aliphatic rings. The van der Waals surface area contributed by atoms with E-state index < -0.39 is 11.5 Å². The minimum atomic E-state index is -0.480. The van der Waals surface area contributed by atoms with Crippen LogP contribution in [0.2, 0.25) is 0 Å². The largest absolute Gasteiger partial charge is 0.505 e. The van der Waals surface area contributed by atoms with E-state index in [9.17, 15) is 14.7 Å². The van der Waals surface area contributed by atoms with Crippen LogP contribution in [0.5, 0.6) is 0 Å². The van der Waals surface area contributed by atoms with Crippen LogP contribution >= 0.6 is 11.3 Å². The molecular formula is C12H12N2O4S. The van der Waals surface area contributed by atoms with E-state index in [0.29, 0.717) is 20.7 Å². The number of rotatable bonds is 3. The molecule has 0 aromatic carbocycles. The first-order valence-corrected chi connectivity index (χ1v) is 6.36. The highest BCUT2D eigenvalue weighted by Crippen LogP contribution is 2.27. The van der Waals surface area contributed by atoms with Crippen LogP contribution in [-0.2, 0) is 4.74 Å². The minimum absolute atomic E-state index is 0.00541. The summed E-state index contributed by atoms with van der Waals surface area (Å²) in [5, 5.41) is 9.59. The molecule has 2 aromatic heterocycles. The topological polar surface area (TPSA) is 92.3 Å². The summed E-state index contributed by atoms with van der Waals surface area (Å²) in [5.41, 5.74) is 0.113. The smallest absolute Gasteiger partial charge is 0.348 e. The number of hydrogen-bond donors (Lipinski definition) is 2. The first-order valence-electron chi connectivity index (χ1n) is 5.54. The molecular weight excluding hydrogens is 268 g/mol. The van der Waals surface area contributed by atoms with E-state index in [1.54, 1.807) is 13.8 Å². The van der Waals surface area contributed by atoms with E-state index in [0.717, 1.165) is 11.3 Å². The summed E-state index contributed by atoms with van der Waals surface area (Å²) in [7, 11) is 0. The first kappa shape index (κ1) is 13.3. The van der Waals surface area contributed by atoms with Crippen molar-refractivity contribution in [2.45, 2.75) is 13.8 Å². The molecule has 2 N–H and O–H groups in total. The van der Waals surface area contributed by atoms with E-state index in [4.69, 9.17) is 4.74 Å². The maximum Gasteiger partial charge on any atom is 0.348 e. The molecule has 7 heteroatoms. The summed E-state index contributed by atoms with van der Waals surface area (Å²) >= 11 is 1.06.